The van der Waals surface area contributed by atoms with Crippen molar-refractivity contribution in [1.29, 1.82) is 0 Å². The van der Waals surface area contributed by atoms with Gasteiger partial charge >= 0.3 is 0 Å². The van der Waals surface area contributed by atoms with Crippen molar-refractivity contribution in [2.24, 2.45) is 0 Å². The molecule has 1 nitrogen and oxygen atoms in total. The zero-order chi connectivity index (χ0) is 11.5. The first-order chi connectivity index (χ1) is 8.42. The molecular formula is C16H12N. The van der Waals surface area contributed by atoms with E-state index in [2.05, 4.69) is 53.5 Å². The summed E-state index contributed by atoms with van der Waals surface area (Å²) in [7, 11) is 0. The number of hydrogen-bond acceptors (Lipinski definition) is 1. The van der Waals surface area contributed by atoms with Crippen LogP contribution >= 0.6 is 0 Å². The minimum atomic E-state index is 0.922. The van der Waals surface area contributed by atoms with Gasteiger partial charge in [-0.2, -0.15) is 0 Å². The SMILES string of the molecule is [c]1c(Cc2ccccc2)ccc2ncccc12. The van der Waals surface area contributed by atoms with Crippen molar-refractivity contribution in [3.63, 3.8) is 0 Å². The van der Waals surface area contributed by atoms with Gasteiger partial charge in [-0.25, -0.2) is 0 Å². The highest BCUT2D eigenvalue weighted by atomic mass is 14.6. The van der Waals surface area contributed by atoms with Gasteiger partial charge in [0.05, 0.1) is 5.52 Å². The Morgan fingerprint density at radius 1 is 0.882 bits per heavy atom. The molecule has 1 aromatic heterocycles. The maximum atomic E-state index is 4.30. The van der Waals surface area contributed by atoms with Crippen LogP contribution in [-0.4, -0.2) is 4.98 Å². The summed E-state index contributed by atoms with van der Waals surface area (Å²) in [4.78, 5) is 4.30. The fourth-order valence-corrected chi connectivity index (χ4v) is 1.97. The molecule has 81 valence electrons. The number of rotatable bonds is 2. The molecule has 17 heavy (non-hydrogen) atoms. The van der Waals surface area contributed by atoms with Gasteiger partial charge in [-0.15, -0.1) is 0 Å². The Morgan fingerprint density at radius 2 is 1.76 bits per heavy atom. The predicted molar refractivity (Wildman–Crippen MR) is 69.8 cm³/mol. The van der Waals surface area contributed by atoms with E-state index in [1.807, 2.05) is 18.3 Å². The third-order valence-electron chi connectivity index (χ3n) is 2.81. The Hall–Kier alpha value is -2.15. The number of fused-ring (bicyclic) bond motifs is 1. The van der Waals surface area contributed by atoms with Crippen LogP contribution in [0.15, 0.2) is 60.8 Å². The van der Waals surface area contributed by atoms with E-state index in [-0.39, 0.29) is 0 Å². The van der Waals surface area contributed by atoms with Crippen molar-refractivity contribution in [2.45, 2.75) is 6.42 Å². The Balaban J connectivity index is 1.96. The quantitative estimate of drug-likeness (QED) is 0.640. The van der Waals surface area contributed by atoms with Crippen LogP contribution < -0.4 is 0 Å². The van der Waals surface area contributed by atoms with Gasteiger partial charge in [0, 0.05) is 11.6 Å². The van der Waals surface area contributed by atoms with Crippen molar-refractivity contribution in [3.05, 3.63) is 78.0 Å². The van der Waals surface area contributed by atoms with Crippen LogP contribution in [0.3, 0.4) is 0 Å². The second-order valence-corrected chi connectivity index (χ2v) is 4.08. The van der Waals surface area contributed by atoms with Gasteiger partial charge in [0.15, 0.2) is 0 Å². The molecule has 0 spiro atoms. The molecule has 0 saturated carbocycles. The number of pyridine rings is 1. The van der Waals surface area contributed by atoms with Crippen LogP contribution in [0.4, 0.5) is 0 Å². The number of nitrogens with zero attached hydrogens (tertiary/aromatic N) is 1. The molecule has 0 atom stereocenters. The maximum absolute atomic E-state index is 4.30. The van der Waals surface area contributed by atoms with E-state index < -0.39 is 0 Å². The first kappa shape index (κ1) is 10.0. The Morgan fingerprint density at radius 3 is 2.65 bits per heavy atom. The molecule has 1 radical (unpaired) electrons. The number of benzene rings is 2. The zero-order valence-corrected chi connectivity index (χ0v) is 9.43. The normalized spacial score (nSPS) is 10.6. The van der Waals surface area contributed by atoms with Gasteiger partial charge in [0.1, 0.15) is 0 Å². The van der Waals surface area contributed by atoms with Gasteiger partial charge < -0.3 is 0 Å². The van der Waals surface area contributed by atoms with Crippen molar-refractivity contribution >= 4 is 10.9 Å². The van der Waals surface area contributed by atoms with E-state index in [0.717, 1.165) is 17.3 Å². The molecule has 0 fully saturated rings. The Kier molecular flexibility index (Phi) is 2.59. The predicted octanol–water partition coefficient (Wildman–Crippen LogP) is 3.63. The Bertz CT molecular complexity index is 629. The van der Waals surface area contributed by atoms with Gasteiger partial charge in [-0.3, -0.25) is 4.98 Å². The van der Waals surface area contributed by atoms with E-state index in [4.69, 9.17) is 0 Å². The van der Waals surface area contributed by atoms with E-state index >= 15 is 0 Å². The maximum Gasteiger partial charge on any atom is 0.0708 e. The lowest BCUT2D eigenvalue weighted by molar-refractivity contribution is 1.19. The summed E-state index contributed by atoms with van der Waals surface area (Å²) in [6.45, 7) is 0. The number of hydrogen-bond donors (Lipinski definition) is 0. The molecule has 3 aromatic rings. The highest BCUT2D eigenvalue weighted by Gasteiger charge is 1.99. The van der Waals surface area contributed by atoms with Crippen molar-refractivity contribution in [2.75, 3.05) is 0 Å². The third kappa shape index (κ3) is 2.18. The topological polar surface area (TPSA) is 12.9 Å². The highest BCUT2D eigenvalue weighted by molar-refractivity contribution is 5.78. The molecule has 3 rings (SSSR count). The first-order valence-corrected chi connectivity index (χ1v) is 5.72. The molecular weight excluding hydrogens is 206 g/mol. The average Bonchev–Trinajstić information content (AvgIpc) is 2.40. The summed E-state index contributed by atoms with van der Waals surface area (Å²) in [6, 6.07) is 22.0. The summed E-state index contributed by atoms with van der Waals surface area (Å²) in [6.07, 6.45) is 2.73. The molecule has 0 unspecified atom stereocenters. The first-order valence-electron chi connectivity index (χ1n) is 5.72. The second kappa shape index (κ2) is 4.38. The van der Waals surface area contributed by atoms with Crippen LogP contribution in [0.1, 0.15) is 11.1 Å². The van der Waals surface area contributed by atoms with Crippen LogP contribution in [0.25, 0.3) is 10.9 Å². The summed E-state index contributed by atoms with van der Waals surface area (Å²) in [5.41, 5.74) is 3.52. The van der Waals surface area contributed by atoms with Crippen LogP contribution in [-0.2, 0) is 6.42 Å². The van der Waals surface area contributed by atoms with Crippen LogP contribution in [0.2, 0.25) is 0 Å². The van der Waals surface area contributed by atoms with E-state index in [1.165, 1.54) is 11.1 Å². The molecule has 0 aliphatic rings. The van der Waals surface area contributed by atoms with Gasteiger partial charge in [-0.05, 0) is 35.7 Å². The molecule has 0 amide bonds. The lowest BCUT2D eigenvalue weighted by atomic mass is 10.0. The monoisotopic (exact) mass is 218 g/mol. The van der Waals surface area contributed by atoms with Gasteiger partial charge in [0.25, 0.3) is 0 Å². The Labute approximate surface area is 101 Å². The smallest absolute Gasteiger partial charge is 0.0708 e. The van der Waals surface area contributed by atoms with Crippen molar-refractivity contribution in [3.8, 4) is 0 Å². The largest absolute Gasteiger partial charge is 0.256 e. The molecule has 0 bridgehead atoms. The fourth-order valence-electron chi connectivity index (χ4n) is 1.97. The summed E-state index contributed by atoms with van der Waals surface area (Å²) < 4.78 is 0. The van der Waals surface area contributed by atoms with E-state index in [9.17, 15) is 0 Å². The molecule has 1 heteroatoms. The lowest BCUT2D eigenvalue weighted by Gasteiger charge is -2.03. The molecule has 0 N–H and O–H groups in total. The zero-order valence-electron chi connectivity index (χ0n) is 9.43. The van der Waals surface area contributed by atoms with Crippen LogP contribution in [0, 0.1) is 6.07 Å². The average molecular weight is 218 g/mol. The highest BCUT2D eigenvalue weighted by Crippen LogP contribution is 2.15. The van der Waals surface area contributed by atoms with E-state index in [0.29, 0.717) is 0 Å². The molecule has 0 saturated heterocycles. The fraction of sp³-hybridized carbons (Fsp3) is 0.0625. The van der Waals surface area contributed by atoms with Crippen LogP contribution in [0.5, 0.6) is 0 Å². The van der Waals surface area contributed by atoms with Gasteiger partial charge in [0.2, 0.25) is 0 Å². The molecule has 0 aliphatic heterocycles. The molecule has 0 aliphatic carbocycles. The summed E-state index contributed by atoms with van der Waals surface area (Å²) in [5.74, 6) is 0. The minimum absolute atomic E-state index is 0.922. The summed E-state index contributed by atoms with van der Waals surface area (Å²) in [5, 5.41) is 1.08. The third-order valence-corrected chi connectivity index (χ3v) is 2.81. The van der Waals surface area contributed by atoms with Crippen molar-refractivity contribution in [1.82, 2.24) is 4.98 Å². The number of aromatic nitrogens is 1. The van der Waals surface area contributed by atoms with E-state index in [1.54, 1.807) is 0 Å². The lowest BCUT2D eigenvalue weighted by Crippen LogP contribution is -1.88. The van der Waals surface area contributed by atoms with Gasteiger partial charge in [-0.1, -0.05) is 42.5 Å². The summed E-state index contributed by atoms with van der Waals surface area (Å²) >= 11 is 0. The molecule has 1 heterocycles. The molecule has 2 aromatic carbocycles. The minimum Gasteiger partial charge on any atom is -0.256 e. The van der Waals surface area contributed by atoms with Crippen molar-refractivity contribution < 1.29 is 0 Å². The second-order valence-electron chi connectivity index (χ2n) is 4.08. The standard InChI is InChI=1S/C16H12N/c1-2-5-13(6-3-1)11-14-8-9-16-15(12-14)7-4-10-17-16/h1-10H,11H2.